The minimum absolute atomic E-state index is 0.0713. The normalized spacial score (nSPS) is 12.1. The average molecular weight is 247 g/mol. The highest BCUT2D eigenvalue weighted by atomic mass is 16.5. The maximum absolute atomic E-state index is 6.07. The Morgan fingerprint density at radius 2 is 2.06 bits per heavy atom. The second-order valence-electron chi connectivity index (χ2n) is 4.54. The highest BCUT2D eigenvalue weighted by Crippen LogP contribution is 2.25. The van der Waals surface area contributed by atoms with E-state index in [1.165, 1.54) is 12.8 Å². The Bertz CT molecular complexity index is 349. The predicted octanol–water partition coefficient (Wildman–Crippen LogP) is 4.22. The first kappa shape index (κ1) is 14.8. The van der Waals surface area contributed by atoms with Gasteiger partial charge in [0.2, 0.25) is 0 Å². The SMILES string of the molecule is C=CCCCCCOc1ccccc1C(N)CC. The van der Waals surface area contributed by atoms with Gasteiger partial charge in [-0.2, -0.15) is 0 Å². The molecule has 0 radical (unpaired) electrons. The summed E-state index contributed by atoms with van der Waals surface area (Å²) in [6, 6.07) is 8.15. The van der Waals surface area contributed by atoms with Crippen LogP contribution in [0.4, 0.5) is 0 Å². The molecule has 0 heterocycles. The summed E-state index contributed by atoms with van der Waals surface area (Å²) in [5.41, 5.74) is 7.19. The summed E-state index contributed by atoms with van der Waals surface area (Å²) in [4.78, 5) is 0. The molecule has 0 amide bonds. The lowest BCUT2D eigenvalue weighted by atomic mass is 10.0. The minimum Gasteiger partial charge on any atom is -0.493 e. The molecule has 2 heteroatoms. The fourth-order valence-corrected chi connectivity index (χ4v) is 1.89. The van der Waals surface area contributed by atoms with Gasteiger partial charge in [0.15, 0.2) is 0 Å². The lowest BCUT2D eigenvalue weighted by Gasteiger charge is -2.15. The molecule has 0 aliphatic heterocycles. The van der Waals surface area contributed by atoms with Crippen molar-refractivity contribution in [3.63, 3.8) is 0 Å². The van der Waals surface area contributed by atoms with E-state index in [0.29, 0.717) is 0 Å². The van der Waals surface area contributed by atoms with Gasteiger partial charge in [0.1, 0.15) is 5.75 Å². The Kier molecular flexibility index (Phi) is 7.19. The van der Waals surface area contributed by atoms with Gasteiger partial charge in [-0.25, -0.2) is 0 Å². The van der Waals surface area contributed by atoms with Crippen LogP contribution in [-0.2, 0) is 0 Å². The first-order chi connectivity index (χ1) is 8.79. The Hall–Kier alpha value is -1.28. The molecule has 0 spiro atoms. The van der Waals surface area contributed by atoms with Crippen molar-refractivity contribution in [2.45, 2.75) is 45.1 Å². The van der Waals surface area contributed by atoms with Gasteiger partial charge < -0.3 is 10.5 Å². The zero-order valence-corrected chi connectivity index (χ0v) is 11.4. The molecule has 0 aliphatic carbocycles. The molecule has 0 saturated heterocycles. The lowest BCUT2D eigenvalue weighted by molar-refractivity contribution is 0.300. The first-order valence-electron chi connectivity index (χ1n) is 6.87. The van der Waals surface area contributed by atoms with Crippen molar-refractivity contribution in [2.24, 2.45) is 5.73 Å². The second-order valence-corrected chi connectivity index (χ2v) is 4.54. The van der Waals surface area contributed by atoms with E-state index in [9.17, 15) is 0 Å². The molecule has 1 atom stereocenters. The molecular weight excluding hydrogens is 222 g/mol. The molecular formula is C16H25NO. The summed E-state index contributed by atoms with van der Waals surface area (Å²) in [5, 5.41) is 0. The van der Waals surface area contributed by atoms with E-state index in [-0.39, 0.29) is 6.04 Å². The molecule has 0 aliphatic rings. The summed E-state index contributed by atoms with van der Waals surface area (Å²) in [7, 11) is 0. The number of ether oxygens (including phenoxy) is 1. The number of allylic oxidation sites excluding steroid dienone is 1. The van der Waals surface area contributed by atoms with Gasteiger partial charge in [-0.05, 0) is 38.2 Å². The van der Waals surface area contributed by atoms with Crippen molar-refractivity contribution in [3.05, 3.63) is 42.5 Å². The van der Waals surface area contributed by atoms with E-state index in [0.717, 1.165) is 37.2 Å². The Balaban J connectivity index is 2.39. The van der Waals surface area contributed by atoms with E-state index in [1.54, 1.807) is 0 Å². The maximum atomic E-state index is 6.07. The van der Waals surface area contributed by atoms with Crippen LogP contribution in [0.3, 0.4) is 0 Å². The summed E-state index contributed by atoms with van der Waals surface area (Å²) in [5.74, 6) is 0.940. The monoisotopic (exact) mass is 247 g/mol. The highest BCUT2D eigenvalue weighted by molar-refractivity contribution is 5.35. The molecule has 0 bridgehead atoms. The van der Waals surface area contributed by atoms with Crippen LogP contribution in [0.15, 0.2) is 36.9 Å². The molecule has 0 fully saturated rings. The molecule has 1 aromatic carbocycles. The number of nitrogens with two attached hydrogens (primary N) is 1. The topological polar surface area (TPSA) is 35.2 Å². The van der Waals surface area contributed by atoms with Gasteiger partial charge in [-0.15, -0.1) is 6.58 Å². The van der Waals surface area contributed by atoms with E-state index in [1.807, 2.05) is 24.3 Å². The van der Waals surface area contributed by atoms with Crippen molar-refractivity contribution in [2.75, 3.05) is 6.61 Å². The fourth-order valence-electron chi connectivity index (χ4n) is 1.89. The molecule has 0 aromatic heterocycles. The molecule has 1 rings (SSSR count). The van der Waals surface area contributed by atoms with Crippen molar-refractivity contribution >= 4 is 0 Å². The molecule has 0 saturated carbocycles. The maximum Gasteiger partial charge on any atom is 0.124 e. The number of hydrogen-bond acceptors (Lipinski definition) is 2. The highest BCUT2D eigenvalue weighted by Gasteiger charge is 2.09. The number of hydrogen-bond donors (Lipinski definition) is 1. The number of para-hydroxylation sites is 1. The van der Waals surface area contributed by atoms with Crippen LogP contribution >= 0.6 is 0 Å². The first-order valence-corrected chi connectivity index (χ1v) is 6.87. The predicted molar refractivity (Wildman–Crippen MR) is 77.8 cm³/mol. The van der Waals surface area contributed by atoms with Gasteiger partial charge in [0.05, 0.1) is 6.61 Å². The van der Waals surface area contributed by atoms with Crippen molar-refractivity contribution in [1.29, 1.82) is 0 Å². The van der Waals surface area contributed by atoms with Gasteiger partial charge in [0.25, 0.3) is 0 Å². The van der Waals surface area contributed by atoms with Crippen molar-refractivity contribution in [1.82, 2.24) is 0 Å². The summed E-state index contributed by atoms with van der Waals surface area (Å²) in [6.07, 6.45) is 7.47. The zero-order valence-electron chi connectivity index (χ0n) is 11.4. The number of unbranched alkanes of at least 4 members (excludes halogenated alkanes) is 3. The van der Waals surface area contributed by atoms with Crippen LogP contribution in [0, 0.1) is 0 Å². The Labute approximate surface area is 111 Å². The molecule has 1 aromatic rings. The van der Waals surface area contributed by atoms with E-state index < -0.39 is 0 Å². The number of benzene rings is 1. The summed E-state index contributed by atoms with van der Waals surface area (Å²) < 4.78 is 5.83. The molecule has 1 unspecified atom stereocenters. The standard InChI is InChI=1S/C16H25NO/c1-3-5-6-7-10-13-18-16-12-9-8-11-14(16)15(17)4-2/h3,8-9,11-12,15H,1,4-7,10,13,17H2,2H3. The van der Waals surface area contributed by atoms with Gasteiger partial charge >= 0.3 is 0 Å². The average Bonchev–Trinajstić information content (AvgIpc) is 2.42. The third kappa shape index (κ3) is 4.92. The third-order valence-electron chi connectivity index (χ3n) is 3.07. The van der Waals surface area contributed by atoms with Gasteiger partial charge in [0, 0.05) is 11.6 Å². The molecule has 2 nitrogen and oxygen atoms in total. The van der Waals surface area contributed by atoms with Crippen LogP contribution in [-0.4, -0.2) is 6.61 Å². The van der Waals surface area contributed by atoms with E-state index in [2.05, 4.69) is 19.6 Å². The Morgan fingerprint density at radius 3 is 2.78 bits per heavy atom. The second kappa shape index (κ2) is 8.76. The van der Waals surface area contributed by atoms with Crippen LogP contribution in [0.1, 0.15) is 50.6 Å². The Morgan fingerprint density at radius 1 is 1.28 bits per heavy atom. The summed E-state index contributed by atoms with van der Waals surface area (Å²) >= 11 is 0. The fraction of sp³-hybridized carbons (Fsp3) is 0.500. The van der Waals surface area contributed by atoms with Crippen LogP contribution in [0.2, 0.25) is 0 Å². The largest absolute Gasteiger partial charge is 0.493 e. The quantitative estimate of drug-likeness (QED) is 0.524. The third-order valence-corrected chi connectivity index (χ3v) is 3.07. The number of rotatable bonds is 9. The van der Waals surface area contributed by atoms with E-state index >= 15 is 0 Å². The van der Waals surface area contributed by atoms with E-state index in [4.69, 9.17) is 10.5 Å². The van der Waals surface area contributed by atoms with Crippen LogP contribution in [0.5, 0.6) is 5.75 Å². The van der Waals surface area contributed by atoms with Crippen LogP contribution < -0.4 is 10.5 Å². The smallest absolute Gasteiger partial charge is 0.124 e. The lowest BCUT2D eigenvalue weighted by Crippen LogP contribution is -2.11. The molecule has 18 heavy (non-hydrogen) atoms. The molecule has 2 N–H and O–H groups in total. The van der Waals surface area contributed by atoms with Gasteiger partial charge in [-0.3, -0.25) is 0 Å². The minimum atomic E-state index is 0.0713. The van der Waals surface area contributed by atoms with Gasteiger partial charge in [-0.1, -0.05) is 31.2 Å². The molecule has 100 valence electrons. The van der Waals surface area contributed by atoms with Crippen molar-refractivity contribution < 1.29 is 4.74 Å². The van der Waals surface area contributed by atoms with Crippen LogP contribution in [0.25, 0.3) is 0 Å². The zero-order chi connectivity index (χ0) is 13.2. The van der Waals surface area contributed by atoms with Crippen molar-refractivity contribution in [3.8, 4) is 5.75 Å². The summed E-state index contributed by atoms with van der Waals surface area (Å²) in [6.45, 7) is 6.58.